The second-order valence-electron chi connectivity index (χ2n) is 2.54. The predicted molar refractivity (Wildman–Crippen MR) is 44.0 cm³/mol. The maximum atomic E-state index is 11.1. The molecule has 0 saturated heterocycles. The lowest BCUT2D eigenvalue weighted by atomic mass is 10.3. The van der Waals surface area contributed by atoms with Gasteiger partial charge < -0.3 is 4.74 Å². The molecule has 0 atom stereocenters. The minimum atomic E-state index is -0.434. The third-order valence-electron chi connectivity index (χ3n) is 1.75. The number of esters is 1. The molecule has 0 aliphatic heterocycles. The summed E-state index contributed by atoms with van der Waals surface area (Å²) in [6.07, 6.45) is 3.26. The van der Waals surface area contributed by atoms with Crippen molar-refractivity contribution >= 4 is 17.0 Å². The zero-order chi connectivity index (χ0) is 9.26. The first kappa shape index (κ1) is 7.72. The van der Waals surface area contributed by atoms with Gasteiger partial charge in [0.2, 0.25) is 6.33 Å². The van der Waals surface area contributed by atoms with E-state index in [1.54, 1.807) is 18.6 Å². The number of hydrogen-bond donors (Lipinski definition) is 1. The molecule has 0 aromatic carbocycles. The Bertz CT molecular complexity index is 449. The smallest absolute Gasteiger partial charge is 0.356 e. The molecule has 0 spiro atoms. The van der Waals surface area contributed by atoms with Gasteiger partial charge in [0.15, 0.2) is 16.7 Å². The van der Waals surface area contributed by atoms with Crippen molar-refractivity contribution in [1.82, 2.24) is 9.97 Å². The molecular weight excluding hydrogens is 170 g/mol. The Morgan fingerprint density at radius 1 is 1.69 bits per heavy atom. The molecule has 2 aromatic rings. The van der Waals surface area contributed by atoms with Crippen molar-refractivity contribution in [2.45, 2.75) is 0 Å². The van der Waals surface area contributed by atoms with Crippen molar-refractivity contribution in [2.75, 3.05) is 7.11 Å². The summed E-state index contributed by atoms with van der Waals surface area (Å²) in [5.41, 5.74) is 1.98. The van der Waals surface area contributed by atoms with Crippen molar-refractivity contribution in [3.05, 3.63) is 24.3 Å². The average molecular weight is 178 g/mol. The molecule has 0 aliphatic rings. The molecule has 2 N–H and O–H groups in total. The van der Waals surface area contributed by atoms with E-state index >= 15 is 0 Å². The van der Waals surface area contributed by atoms with E-state index in [4.69, 9.17) is 0 Å². The maximum Gasteiger partial charge on any atom is 0.356 e. The van der Waals surface area contributed by atoms with Crippen LogP contribution in [0.1, 0.15) is 10.5 Å². The molecule has 0 saturated carbocycles. The van der Waals surface area contributed by atoms with Crippen LogP contribution in [-0.2, 0) is 4.74 Å². The summed E-state index contributed by atoms with van der Waals surface area (Å²) in [5, 5.41) is 0. The number of H-pyrrole nitrogens is 2. The summed E-state index contributed by atoms with van der Waals surface area (Å²) in [5.74, 6) is -0.434. The number of nitrogens with one attached hydrogen (secondary N) is 2. The van der Waals surface area contributed by atoms with Crippen molar-refractivity contribution in [3.8, 4) is 0 Å². The largest absolute Gasteiger partial charge is 0.464 e. The summed E-state index contributed by atoms with van der Waals surface area (Å²) < 4.78 is 4.54. The number of pyridine rings is 1. The highest BCUT2D eigenvalue weighted by Gasteiger charge is 2.10. The number of carbonyl (C=O) groups is 1. The summed E-state index contributed by atoms with van der Waals surface area (Å²) in [4.78, 5) is 20.9. The van der Waals surface area contributed by atoms with Gasteiger partial charge in [0.05, 0.1) is 13.3 Å². The topological polar surface area (TPSA) is 69.1 Å². The minimum Gasteiger partial charge on any atom is -0.464 e. The summed E-state index contributed by atoms with van der Waals surface area (Å²) in [7, 11) is 1.33. The number of fused-ring (bicyclic) bond motifs is 1. The first-order valence-electron chi connectivity index (χ1n) is 3.74. The second-order valence-corrected chi connectivity index (χ2v) is 2.54. The van der Waals surface area contributed by atoms with Crippen LogP contribution in [0.3, 0.4) is 0 Å². The Labute approximate surface area is 73.8 Å². The lowest BCUT2D eigenvalue weighted by Crippen LogP contribution is -2.05. The normalized spacial score (nSPS) is 10.2. The number of aromatic nitrogens is 3. The summed E-state index contributed by atoms with van der Waals surface area (Å²) in [6, 6.07) is 1.64. The number of rotatable bonds is 1. The van der Waals surface area contributed by atoms with Crippen molar-refractivity contribution in [2.24, 2.45) is 0 Å². The van der Waals surface area contributed by atoms with Crippen LogP contribution in [0.15, 0.2) is 18.6 Å². The van der Waals surface area contributed by atoms with Crippen molar-refractivity contribution < 1.29 is 14.5 Å². The molecule has 5 nitrogen and oxygen atoms in total. The average Bonchev–Trinajstić information content (AvgIpc) is 2.63. The van der Waals surface area contributed by atoms with E-state index in [-0.39, 0.29) is 0 Å². The molecule has 0 bridgehead atoms. The van der Waals surface area contributed by atoms with E-state index in [0.29, 0.717) is 5.69 Å². The monoisotopic (exact) mass is 178 g/mol. The fourth-order valence-corrected chi connectivity index (χ4v) is 1.10. The Hall–Kier alpha value is -1.91. The molecule has 13 heavy (non-hydrogen) atoms. The van der Waals surface area contributed by atoms with Crippen LogP contribution >= 0.6 is 0 Å². The standard InChI is InChI=1S/C8H7N3O2/c1-13-8(12)6-2-5-7(3-9-6)11-4-10-5/h2-4H,1H3,(H,10,11)/p+1. The van der Waals surface area contributed by atoms with Crippen LogP contribution in [0, 0.1) is 0 Å². The van der Waals surface area contributed by atoms with E-state index in [1.807, 2.05) is 0 Å². The van der Waals surface area contributed by atoms with Gasteiger partial charge in [0, 0.05) is 6.07 Å². The van der Waals surface area contributed by atoms with E-state index in [9.17, 15) is 4.79 Å². The highest BCUT2D eigenvalue weighted by molar-refractivity contribution is 5.90. The predicted octanol–water partition coefficient (Wildman–Crippen LogP) is 0.164. The van der Waals surface area contributed by atoms with Crippen LogP contribution in [0.2, 0.25) is 0 Å². The zero-order valence-electron chi connectivity index (χ0n) is 7.00. The molecule has 2 rings (SSSR count). The van der Waals surface area contributed by atoms with Crippen LogP contribution in [0.25, 0.3) is 11.0 Å². The van der Waals surface area contributed by atoms with E-state index < -0.39 is 5.97 Å². The molecule has 66 valence electrons. The van der Waals surface area contributed by atoms with Gasteiger partial charge in [0.25, 0.3) is 0 Å². The number of methoxy groups -OCH3 is 1. The number of carbonyl (C=O) groups excluding carboxylic acids is 1. The number of imidazole rings is 1. The number of ether oxygens (including phenoxy) is 1. The molecule has 0 radical (unpaired) electrons. The molecule has 0 aliphatic carbocycles. The number of hydrogen-bond acceptors (Lipinski definition) is 3. The van der Waals surface area contributed by atoms with Crippen LogP contribution in [0.5, 0.6) is 0 Å². The summed E-state index contributed by atoms with van der Waals surface area (Å²) >= 11 is 0. The Balaban J connectivity index is 2.54. The third-order valence-corrected chi connectivity index (χ3v) is 1.75. The Morgan fingerprint density at radius 3 is 3.31 bits per heavy atom. The summed E-state index contributed by atoms with van der Waals surface area (Å²) in [6.45, 7) is 0. The van der Waals surface area contributed by atoms with Gasteiger partial charge in [0.1, 0.15) is 0 Å². The van der Waals surface area contributed by atoms with E-state index in [0.717, 1.165) is 11.0 Å². The lowest BCUT2D eigenvalue weighted by Gasteiger charge is -1.94. The molecule has 0 unspecified atom stereocenters. The zero-order valence-corrected chi connectivity index (χ0v) is 7.00. The minimum absolute atomic E-state index is 0.297. The van der Waals surface area contributed by atoms with Gasteiger partial charge in [-0.15, -0.1) is 0 Å². The van der Waals surface area contributed by atoms with Crippen LogP contribution in [-0.4, -0.2) is 23.0 Å². The maximum absolute atomic E-state index is 11.1. The first-order valence-corrected chi connectivity index (χ1v) is 3.74. The van der Waals surface area contributed by atoms with Gasteiger partial charge in [-0.05, 0) is 0 Å². The van der Waals surface area contributed by atoms with Gasteiger partial charge in [-0.3, -0.25) is 0 Å². The van der Waals surface area contributed by atoms with E-state index in [2.05, 4.69) is 19.7 Å². The Morgan fingerprint density at radius 2 is 2.54 bits per heavy atom. The fourth-order valence-electron chi connectivity index (χ4n) is 1.10. The van der Waals surface area contributed by atoms with Crippen LogP contribution < -0.4 is 4.98 Å². The molecular formula is C8H8N3O2+. The quantitative estimate of drug-likeness (QED) is 0.632. The number of aromatic amines is 2. The SMILES string of the molecule is COC(=O)c1cc2[nH+]c[nH]c2cn1. The van der Waals surface area contributed by atoms with Crippen molar-refractivity contribution in [1.29, 1.82) is 0 Å². The van der Waals surface area contributed by atoms with Gasteiger partial charge in [-0.25, -0.2) is 19.7 Å². The number of nitrogens with zero attached hydrogens (tertiary/aromatic N) is 1. The molecule has 2 aromatic heterocycles. The second kappa shape index (κ2) is 2.85. The molecule has 0 amide bonds. The van der Waals surface area contributed by atoms with Gasteiger partial charge >= 0.3 is 5.97 Å². The van der Waals surface area contributed by atoms with E-state index in [1.165, 1.54) is 7.11 Å². The highest BCUT2D eigenvalue weighted by atomic mass is 16.5. The van der Waals surface area contributed by atoms with Crippen molar-refractivity contribution in [3.63, 3.8) is 0 Å². The molecule has 2 heterocycles. The van der Waals surface area contributed by atoms with Gasteiger partial charge in [-0.2, -0.15) is 0 Å². The highest BCUT2D eigenvalue weighted by Crippen LogP contribution is 2.06. The molecule has 0 fully saturated rings. The molecule has 5 heteroatoms. The fraction of sp³-hybridized carbons (Fsp3) is 0.125. The third kappa shape index (κ3) is 1.24. The lowest BCUT2D eigenvalue weighted by molar-refractivity contribution is -0.344. The van der Waals surface area contributed by atoms with Crippen LogP contribution in [0.4, 0.5) is 0 Å². The van der Waals surface area contributed by atoms with Gasteiger partial charge in [-0.1, -0.05) is 0 Å². The Kier molecular flexibility index (Phi) is 1.70. The first-order chi connectivity index (χ1) is 6.31.